The minimum atomic E-state index is 0.793. The molecule has 2 heteroatoms. The summed E-state index contributed by atoms with van der Waals surface area (Å²) in [5, 5.41) is 0. The van der Waals surface area contributed by atoms with Crippen molar-refractivity contribution in [2.45, 2.75) is 64.6 Å². The van der Waals surface area contributed by atoms with Crippen LogP contribution in [0.1, 0.15) is 46.5 Å². The lowest BCUT2D eigenvalue weighted by Crippen LogP contribution is -2.40. The number of rotatable bonds is 4. The average Bonchev–Trinajstić information content (AvgIpc) is 2.80. The number of nitrogens with zero attached hydrogens (tertiary/aromatic N) is 2. The van der Waals surface area contributed by atoms with Crippen molar-refractivity contribution in [3.8, 4) is 0 Å². The van der Waals surface area contributed by atoms with E-state index in [1.165, 1.54) is 45.3 Å². The first-order chi connectivity index (χ1) is 7.27. The molecule has 0 aromatic heterocycles. The summed E-state index contributed by atoms with van der Waals surface area (Å²) in [6.45, 7) is 11.0. The minimum absolute atomic E-state index is 0.793. The standard InChI is InChI=1S/C13H26N2/c1-4-8-14-9-6-13-12(14)7-10-15(13)11(3)5-2/h11-13H,4-10H2,1-3H3. The Balaban J connectivity index is 1.96. The zero-order valence-corrected chi connectivity index (χ0v) is 10.6. The van der Waals surface area contributed by atoms with E-state index in [2.05, 4.69) is 30.6 Å². The molecule has 2 saturated heterocycles. The van der Waals surface area contributed by atoms with Crippen LogP contribution in [0.15, 0.2) is 0 Å². The highest BCUT2D eigenvalue weighted by molar-refractivity contribution is 4.99. The molecule has 0 aliphatic carbocycles. The zero-order chi connectivity index (χ0) is 10.8. The molecule has 2 rings (SSSR count). The largest absolute Gasteiger partial charge is 0.299 e. The second-order valence-corrected chi connectivity index (χ2v) is 5.24. The van der Waals surface area contributed by atoms with Crippen molar-refractivity contribution in [3.05, 3.63) is 0 Å². The van der Waals surface area contributed by atoms with E-state index in [-0.39, 0.29) is 0 Å². The number of hydrogen-bond donors (Lipinski definition) is 0. The van der Waals surface area contributed by atoms with Crippen molar-refractivity contribution in [1.82, 2.24) is 9.80 Å². The summed E-state index contributed by atoms with van der Waals surface area (Å²) in [6, 6.07) is 2.56. The molecule has 88 valence electrons. The maximum Gasteiger partial charge on any atom is 0.0267 e. The van der Waals surface area contributed by atoms with Crippen molar-refractivity contribution in [2.75, 3.05) is 19.6 Å². The monoisotopic (exact) mass is 210 g/mol. The van der Waals surface area contributed by atoms with Crippen LogP contribution in [0.4, 0.5) is 0 Å². The Morgan fingerprint density at radius 3 is 2.53 bits per heavy atom. The van der Waals surface area contributed by atoms with Gasteiger partial charge in [-0.15, -0.1) is 0 Å². The van der Waals surface area contributed by atoms with Crippen LogP contribution in [0, 0.1) is 0 Å². The van der Waals surface area contributed by atoms with Gasteiger partial charge in [0.1, 0.15) is 0 Å². The zero-order valence-electron chi connectivity index (χ0n) is 10.6. The van der Waals surface area contributed by atoms with Crippen molar-refractivity contribution in [3.63, 3.8) is 0 Å². The lowest BCUT2D eigenvalue weighted by Gasteiger charge is -2.29. The van der Waals surface area contributed by atoms with Crippen LogP contribution >= 0.6 is 0 Å². The molecule has 0 radical (unpaired) electrons. The molecule has 3 atom stereocenters. The Morgan fingerprint density at radius 1 is 1.13 bits per heavy atom. The van der Waals surface area contributed by atoms with Crippen molar-refractivity contribution >= 4 is 0 Å². The van der Waals surface area contributed by atoms with Crippen LogP contribution in [0.3, 0.4) is 0 Å². The molecule has 2 heterocycles. The first kappa shape index (κ1) is 11.4. The van der Waals surface area contributed by atoms with Crippen LogP contribution in [0.5, 0.6) is 0 Å². The van der Waals surface area contributed by atoms with Gasteiger partial charge in [0.2, 0.25) is 0 Å². The van der Waals surface area contributed by atoms with E-state index >= 15 is 0 Å². The average molecular weight is 210 g/mol. The molecular formula is C13H26N2. The van der Waals surface area contributed by atoms with Crippen LogP contribution in [-0.4, -0.2) is 47.6 Å². The van der Waals surface area contributed by atoms with E-state index in [4.69, 9.17) is 0 Å². The molecule has 0 amide bonds. The Hall–Kier alpha value is -0.0800. The van der Waals surface area contributed by atoms with Crippen LogP contribution in [-0.2, 0) is 0 Å². The van der Waals surface area contributed by atoms with E-state index < -0.39 is 0 Å². The SMILES string of the molecule is CCCN1CCC2C1CCN2C(C)CC. The number of fused-ring (bicyclic) bond motifs is 1. The maximum absolute atomic E-state index is 2.76. The molecule has 0 bridgehead atoms. The van der Waals surface area contributed by atoms with E-state index in [9.17, 15) is 0 Å². The number of hydrogen-bond acceptors (Lipinski definition) is 2. The van der Waals surface area contributed by atoms with Gasteiger partial charge in [0, 0.05) is 31.2 Å². The van der Waals surface area contributed by atoms with E-state index in [1.807, 2.05) is 0 Å². The van der Waals surface area contributed by atoms with Gasteiger partial charge in [-0.1, -0.05) is 13.8 Å². The second kappa shape index (κ2) is 4.84. The van der Waals surface area contributed by atoms with Crippen molar-refractivity contribution < 1.29 is 0 Å². The molecule has 0 N–H and O–H groups in total. The fourth-order valence-corrected chi connectivity index (χ4v) is 3.46. The molecule has 0 aromatic rings. The third kappa shape index (κ3) is 2.07. The predicted octanol–water partition coefficient (Wildman–Crippen LogP) is 2.34. The van der Waals surface area contributed by atoms with E-state index in [0.717, 1.165) is 18.1 Å². The summed E-state index contributed by atoms with van der Waals surface area (Å²) < 4.78 is 0. The molecule has 0 saturated carbocycles. The summed E-state index contributed by atoms with van der Waals surface area (Å²) in [7, 11) is 0. The third-order valence-electron chi connectivity index (χ3n) is 4.40. The van der Waals surface area contributed by atoms with Gasteiger partial charge in [-0.05, 0) is 39.2 Å². The summed E-state index contributed by atoms with van der Waals surface area (Å²) in [6.07, 6.45) is 5.44. The van der Waals surface area contributed by atoms with Gasteiger partial charge in [-0.25, -0.2) is 0 Å². The third-order valence-corrected chi connectivity index (χ3v) is 4.40. The van der Waals surface area contributed by atoms with Crippen molar-refractivity contribution in [1.29, 1.82) is 0 Å². The number of likely N-dealkylation sites (tertiary alicyclic amines) is 2. The molecule has 0 aromatic carbocycles. The van der Waals surface area contributed by atoms with Crippen LogP contribution in [0.25, 0.3) is 0 Å². The molecule has 0 spiro atoms. The molecule has 2 aliphatic heterocycles. The molecular weight excluding hydrogens is 184 g/mol. The van der Waals surface area contributed by atoms with Crippen molar-refractivity contribution in [2.24, 2.45) is 0 Å². The van der Waals surface area contributed by atoms with Crippen LogP contribution < -0.4 is 0 Å². The summed E-state index contributed by atoms with van der Waals surface area (Å²) >= 11 is 0. The Kier molecular flexibility index (Phi) is 3.68. The van der Waals surface area contributed by atoms with Crippen LogP contribution in [0.2, 0.25) is 0 Å². The fraction of sp³-hybridized carbons (Fsp3) is 1.00. The Labute approximate surface area is 94.6 Å². The molecule has 2 aliphatic rings. The maximum atomic E-state index is 2.76. The fourth-order valence-electron chi connectivity index (χ4n) is 3.46. The first-order valence-electron chi connectivity index (χ1n) is 6.77. The predicted molar refractivity (Wildman–Crippen MR) is 65.1 cm³/mol. The minimum Gasteiger partial charge on any atom is -0.299 e. The normalized spacial score (nSPS) is 34.6. The van der Waals surface area contributed by atoms with Gasteiger partial charge in [-0.3, -0.25) is 9.80 Å². The summed E-state index contributed by atoms with van der Waals surface area (Å²) in [5.41, 5.74) is 0. The van der Waals surface area contributed by atoms with E-state index in [1.54, 1.807) is 0 Å². The van der Waals surface area contributed by atoms with Gasteiger partial charge in [-0.2, -0.15) is 0 Å². The lowest BCUT2D eigenvalue weighted by atomic mass is 10.1. The van der Waals surface area contributed by atoms with E-state index in [0.29, 0.717) is 0 Å². The van der Waals surface area contributed by atoms with Gasteiger partial charge in [0.25, 0.3) is 0 Å². The topological polar surface area (TPSA) is 6.48 Å². The van der Waals surface area contributed by atoms with Gasteiger partial charge >= 0.3 is 0 Å². The Bertz CT molecular complexity index is 205. The first-order valence-corrected chi connectivity index (χ1v) is 6.77. The highest BCUT2D eigenvalue weighted by Crippen LogP contribution is 2.33. The quantitative estimate of drug-likeness (QED) is 0.703. The summed E-state index contributed by atoms with van der Waals surface area (Å²) in [5.74, 6) is 0. The highest BCUT2D eigenvalue weighted by Gasteiger charge is 2.42. The second-order valence-electron chi connectivity index (χ2n) is 5.24. The molecule has 2 fully saturated rings. The lowest BCUT2D eigenvalue weighted by molar-refractivity contribution is 0.176. The summed E-state index contributed by atoms with van der Waals surface area (Å²) in [4.78, 5) is 5.49. The Morgan fingerprint density at radius 2 is 1.87 bits per heavy atom. The smallest absolute Gasteiger partial charge is 0.0267 e. The molecule has 3 unspecified atom stereocenters. The van der Waals surface area contributed by atoms with Gasteiger partial charge in [0.05, 0.1) is 0 Å². The highest BCUT2D eigenvalue weighted by atomic mass is 15.3. The molecule has 2 nitrogen and oxygen atoms in total. The molecule has 15 heavy (non-hydrogen) atoms. The van der Waals surface area contributed by atoms with Gasteiger partial charge < -0.3 is 0 Å². The van der Waals surface area contributed by atoms with Gasteiger partial charge in [0.15, 0.2) is 0 Å².